The molecule has 0 unspecified atom stereocenters. The molecule has 2 rings (SSSR count). The molecule has 0 aliphatic heterocycles. The summed E-state index contributed by atoms with van der Waals surface area (Å²) in [7, 11) is 0. The molecular formula is C10H14O2. The molecule has 2 aliphatic rings. The fraction of sp³-hybridized carbons (Fsp3) is 0.700. The Labute approximate surface area is 72.3 Å². The van der Waals surface area contributed by atoms with Gasteiger partial charge in [0.1, 0.15) is 0 Å². The number of ketones is 1. The Bertz CT molecular complexity index is 234. The summed E-state index contributed by atoms with van der Waals surface area (Å²) in [6.45, 7) is 0. The number of hydrogen-bond acceptors (Lipinski definition) is 2. The Morgan fingerprint density at radius 1 is 1.25 bits per heavy atom. The van der Waals surface area contributed by atoms with E-state index in [0.29, 0.717) is 0 Å². The predicted octanol–water partition coefficient (Wildman–Crippen LogP) is 2.35. The zero-order valence-electron chi connectivity index (χ0n) is 7.18. The lowest BCUT2D eigenvalue weighted by Gasteiger charge is -2.29. The van der Waals surface area contributed by atoms with Crippen molar-refractivity contribution in [3.63, 3.8) is 0 Å². The maximum Gasteiger partial charge on any atom is 0.202 e. The molecular weight excluding hydrogens is 152 g/mol. The molecule has 0 aromatic carbocycles. The van der Waals surface area contributed by atoms with Crippen molar-refractivity contribution >= 4 is 5.78 Å². The van der Waals surface area contributed by atoms with Crippen LogP contribution in [-0.4, -0.2) is 10.9 Å². The predicted molar refractivity (Wildman–Crippen MR) is 45.9 cm³/mol. The molecule has 66 valence electrons. The van der Waals surface area contributed by atoms with Crippen LogP contribution in [0, 0.1) is 5.41 Å². The van der Waals surface area contributed by atoms with E-state index in [1.165, 1.54) is 0 Å². The molecule has 0 aromatic heterocycles. The molecule has 1 N–H and O–H groups in total. The average molecular weight is 166 g/mol. The van der Waals surface area contributed by atoms with Crippen molar-refractivity contribution in [2.24, 2.45) is 5.41 Å². The summed E-state index contributed by atoms with van der Waals surface area (Å²) in [5.41, 5.74) is -0.154. The summed E-state index contributed by atoms with van der Waals surface area (Å²) in [4.78, 5) is 11.6. The topological polar surface area (TPSA) is 37.3 Å². The maximum absolute atomic E-state index is 11.6. The van der Waals surface area contributed by atoms with Crippen molar-refractivity contribution in [1.82, 2.24) is 0 Å². The lowest BCUT2D eigenvalue weighted by atomic mass is 9.74. The van der Waals surface area contributed by atoms with Crippen LogP contribution in [0.5, 0.6) is 0 Å². The van der Waals surface area contributed by atoms with E-state index >= 15 is 0 Å². The number of Topliss-reactive ketones (excluding diaryl/α,β-unsaturated/α-hetero) is 1. The van der Waals surface area contributed by atoms with Crippen LogP contribution < -0.4 is 0 Å². The van der Waals surface area contributed by atoms with Gasteiger partial charge < -0.3 is 5.11 Å². The molecule has 2 nitrogen and oxygen atoms in total. The Hall–Kier alpha value is -0.790. The van der Waals surface area contributed by atoms with E-state index in [0.717, 1.165) is 38.5 Å². The third-order valence-corrected chi connectivity index (χ3v) is 3.24. The first-order valence-corrected chi connectivity index (χ1v) is 4.69. The lowest BCUT2D eigenvalue weighted by Crippen LogP contribution is -2.31. The van der Waals surface area contributed by atoms with Gasteiger partial charge in [-0.25, -0.2) is 0 Å². The molecule has 1 spiro atoms. The van der Waals surface area contributed by atoms with Gasteiger partial charge in [-0.15, -0.1) is 0 Å². The average Bonchev–Trinajstić information content (AvgIpc) is 2.50. The van der Waals surface area contributed by atoms with Crippen molar-refractivity contribution in [3.8, 4) is 0 Å². The van der Waals surface area contributed by atoms with Gasteiger partial charge in [0, 0.05) is 5.41 Å². The Morgan fingerprint density at radius 3 is 2.58 bits per heavy atom. The SMILES string of the molecule is O=C1C(O)=CCCC12CCCC2. The van der Waals surface area contributed by atoms with Gasteiger partial charge >= 0.3 is 0 Å². The van der Waals surface area contributed by atoms with Gasteiger partial charge in [-0.1, -0.05) is 12.8 Å². The second-order valence-corrected chi connectivity index (χ2v) is 3.94. The largest absolute Gasteiger partial charge is 0.505 e. The number of hydrogen-bond donors (Lipinski definition) is 1. The third kappa shape index (κ3) is 0.977. The van der Waals surface area contributed by atoms with E-state index in [1.54, 1.807) is 6.08 Å². The summed E-state index contributed by atoms with van der Waals surface area (Å²) in [6.07, 6.45) is 7.77. The van der Waals surface area contributed by atoms with E-state index in [1.807, 2.05) is 0 Å². The zero-order valence-corrected chi connectivity index (χ0v) is 7.18. The van der Waals surface area contributed by atoms with Crippen LogP contribution in [0.1, 0.15) is 38.5 Å². The molecule has 1 fully saturated rings. The Balaban J connectivity index is 2.27. The number of aliphatic hydroxyl groups excluding tert-OH is 1. The van der Waals surface area contributed by atoms with E-state index in [9.17, 15) is 9.90 Å². The highest BCUT2D eigenvalue weighted by atomic mass is 16.3. The highest BCUT2D eigenvalue weighted by Gasteiger charge is 2.43. The van der Waals surface area contributed by atoms with Crippen molar-refractivity contribution in [2.75, 3.05) is 0 Å². The molecule has 2 heteroatoms. The minimum Gasteiger partial charge on any atom is -0.505 e. The van der Waals surface area contributed by atoms with Gasteiger partial charge in [0.2, 0.25) is 5.78 Å². The van der Waals surface area contributed by atoms with Gasteiger partial charge in [0.25, 0.3) is 0 Å². The fourth-order valence-corrected chi connectivity index (χ4v) is 2.49. The molecule has 0 bridgehead atoms. The molecule has 0 radical (unpaired) electrons. The van der Waals surface area contributed by atoms with Crippen LogP contribution >= 0.6 is 0 Å². The second-order valence-electron chi connectivity index (χ2n) is 3.94. The number of aliphatic hydroxyl groups is 1. The first-order valence-electron chi connectivity index (χ1n) is 4.69. The summed E-state index contributed by atoms with van der Waals surface area (Å²) in [6, 6.07) is 0. The maximum atomic E-state index is 11.6. The van der Waals surface area contributed by atoms with Crippen LogP contribution in [0.15, 0.2) is 11.8 Å². The molecule has 1 saturated carbocycles. The zero-order chi connectivity index (χ0) is 8.60. The number of carbonyl (C=O) groups is 1. The van der Waals surface area contributed by atoms with Crippen LogP contribution in [0.3, 0.4) is 0 Å². The quantitative estimate of drug-likeness (QED) is 0.599. The highest BCUT2D eigenvalue weighted by Crippen LogP contribution is 2.46. The van der Waals surface area contributed by atoms with Gasteiger partial charge in [0.15, 0.2) is 5.76 Å². The van der Waals surface area contributed by atoms with Gasteiger partial charge in [-0.2, -0.15) is 0 Å². The van der Waals surface area contributed by atoms with E-state index in [-0.39, 0.29) is 17.0 Å². The number of rotatable bonds is 0. The van der Waals surface area contributed by atoms with Crippen molar-refractivity contribution in [1.29, 1.82) is 0 Å². The molecule has 0 atom stereocenters. The summed E-state index contributed by atoms with van der Waals surface area (Å²) < 4.78 is 0. The number of allylic oxidation sites excluding steroid dienone is 2. The lowest BCUT2D eigenvalue weighted by molar-refractivity contribution is -0.128. The molecule has 2 aliphatic carbocycles. The molecule has 0 amide bonds. The van der Waals surface area contributed by atoms with Crippen molar-refractivity contribution in [3.05, 3.63) is 11.8 Å². The Morgan fingerprint density at radius 2 is 1.92 bits per heavy atom. The van der Waals surface area contributed by atoms with Gasteiger partial charge in [-0.05, 0) is 31.8 Å². The van der Waals surface area contributed by atoms with Crippen LogP contribution in [-0.2, 0) is 4.79 Å². The van der Waals surface area contributed by atoms with E-state index in [4.69, 9.17) is 0 Å². The first-order chi connectivity index (χ1) is 5.75. The Kier molecular flexibility index (Phi) is 1.71. The molecule has 0 heterocycles. The highest BCUT2D eigenvalue weighted by molar-refractivity contribution is 5.98. The minimum absolute atomic E-state index is 0.00579. The molecule has 0 aromatic rings. The monoisotopic (exact) mass is 166 g/mol. The normalized spacial score (nSPS) is 27.7. The summed E-state index contributed by atoms with van der Waals surface area (Å²) >= 11 is 0. The van der Waals surface area contributed by atoms with E-state index in [2.05, 4.69) is 0 Å². The first kappa shape index (κ1) is 7.84. The van der Waals surface area contributed by atoms with Crippen molar-refractivity contribution < 1.29 is 9.90 Å². The minimum atomic E-state index is -0.154. The fourth-order valence-electron chi connectivity index (χ4n) is 2.49. The van der Waals surface area contributed by atoms with Gasteiger partial charge in [0.05, 0.1) is 0 Å². The second kappa shape index (κ2) is 2.61. The van der Waals surface area contributed by atoms with Gasteiger partial charge in [-0.3, -0.25) is 4.79 Å². The smallest absolute Gasteiger partial charge is 0.202 e. The number of carbonyl (C=O) groups excluding carboxylic acids is 1. The van der Waals surface area contributed by atoms with Crippen LogP contribution in [0.2, 0.25) is 0 Å². The molecule has 12 heavy (non-hydrogen) atoms. The van der Waals surface area contributed by atoms with Crippen molar-refractivity contribution in [2.45, 2.75) is 38.5 Å². The summed E-state index contributed by atoms with van der Waals surface area (Å²) in [5, 5.41) is 9.31. The molecule has 0 saturated heterocycles. The van der Waals surface area contributed by atoms with E-state index < -0.39 is 0 Å². The third-order valence-electron chi connectivity index (χ3n) is 3.24. The summed E-state index contributed by atoms with van der Waals surface area (Å²) in [5.74, 6) is 0.0226. The van der Waals surface area contributed by atoms with Crippen LogP contribution in [0.4, 0.5) is 0 Å². The standard InChI is InChI=1S/C10H14O2/c11-8-4-3-7-10(9(8)12)5-1-2-6-10/h4,11H,1-3,5-7H2. The van der Waals surface area contributed by atoms with Crippen LogP contribution in [0.25, 0.3) is 0 Å².